The fourth-order valence-corrected chi connectivity index (χ4v) is 2.91. The molecule has 0 radical (unpaired) electrons. The van der Waals surface area contributed by atoms with Crippen LogP contribution in [0, 0.1) is 5.82 Å². The van der Waals surface area contributed by atoms with E-state index >= 15 is 0 Å². The number of hydrogen-bond donors (Lipinski definition) is 1. The van der Waals surface area contributed by atoms with E-state index in [9.17, 15) is 4.39 Å². The van der Waals surface area contributed by atoms with Crippen LogP contribution in [-0.4, -0.2) is 14.2 Å². The molecule has 0 aromatic heterocycles. The van der Waals surface area contributed by atoms with Gasteiger partial charge < -0.3 is 10.1 Å². The molecule has 0 spiro atoms. The first-order valence-electron chi connectivity index (χ1n) is 6.02. The van der Waals surface area contributed by atoms with Crippen LogP contribution in [0.2, 0.25) is 0 Å². The van der Waals surface area contributed by atoms with Crippen molar-refractivity contribution in [3.63, 3.8) is 0 Å². The highest BCUT2D eigenvalue weighted by molar-refractivity contribution is 9.10. The average Bonchev–Trinajstić information content (AvgIpc) is 2.43. The van der Waals surface area contributed by atoms with Crippen molar-refractivity contribution in [1.29, 1.82) is 0 Å². The van der Waals surface area contributed by atoms with Gasteiger partial charge in [-0.15, -0.1) is 0 Å². The summed E-state index contributed by atoms with van der Waals surface area (Å²) in [4.78, 5) is 0. The Balaban J connectivity index is 2.54. The quantitative estimate of drug-likeness (QED) is 0.802. The highest BCUT2D eigenvalue weighted by atomic mass is 79.9. The van der Waals surface area contributed by atoms with Gasteiger partial charge in [0.2, 0.25) is 0 Å². The van der Waals surface area contributed by atoms with Gasteiger partial charge in [-0.3, -0.25) is 0 Å². The van der Waals surface area contributed by atoms with Crippen molar-refractivity contribution in [3.05, 3.63) is 62.3 Å². The van der Waals surface area contributed by atoms with Crippen molar-refractivity contribution >= 4 is 31.9 Å². The normalized spacial score (nSPS) is 12.2. The van der Waals surface area contributed by atoms with E-state index in [4.69, 9.17) is 4.74 Å². The molecule has 2 aromatic rings. The zero-order chi connectivity index (χ0) is 14.7. The first kappa shape index (κ1) is 15.5. The van der Waals surface area contributed by atoms with E-state index in [1.807, 2.05) is 31.3 Å². The Morgan fingerprint density at radius 1 is 1.20 bits per heavy atom. The van der Waals surface area contributed by atoms with Crippen molar-refractivity contribution in [2.45, 2.75) is 6.04 Å². The largest absolute Gasteiger partial charge is 0.496 e. The van der Waals surface area contributed by atoms with E-state index in [0.717, 1.165) is 15.6 Å². The van der Waals surface area contributed by atoms with Gasteiger partial charge in [0.15, 0.2) is 0 Å². The van der Waals surface area contributed by atoms with Gasteiger partial charge in [-0.25, -0.2) is 4.39 Å². The van der Waals surface area contributed by atoms with Crippen LogP contribution in [-0.2, 0) is 0 Å². The number of methoxy groups -OCH3 is 1. The van der Waals surface area contributed by atoms with Crippen molar-refractivity contribution < 1.29 is 9.13 Å². The van der Waals surface area contributed by atoms with E-state index in [1.54, 1.807) is 13.2 Å². The second-order valence-corrected chi connectivity index (χ2v) is 6.05. The molecule has 1 atom stereocenters. The molecule has 106 valence electrons. The molecule has 2 aromatic carbocycles. The fourth-order valence-electron chi connectivity index (χ4n) is 2.13. The summed E-state index contributed by atoms with van der Waals surface area (Å²) in [5.41, 5.74) is 1.94. The summed E-state index contributed by atoms with van der Waals surface area (Å²) in [6.45, 7) is 0. The molecule has 2 nitrogen and oxygen atoms in total. The molecular formula is C15H14Br2FNO. The average molecular weight is 403 g/mol. The molecule has 0 amide bonds. The number of nitrogens with one attached hydrogen (secondary N) is 1. The summed E-state index contributed by atoms with van der Waals surface area (Å²) in [5, 5.41) is 3.24. The Kier molecular flexibility index (Phi) is 5.18. The smallest absolute Gasteiger partial charge is 0.141 e. The van der Waals surface area contributed by atoms with Gasteiger partial charge in [-0.1, -0.05) is 28.1 Å². The molecule has 20 heavy (non-hydrogen) atoms. The summed E-state index contributed by atoms with van der Waals surface area (Å²) in [5.74, 6) is 0.180. The lowest BCUT2D eigenvalue weighted by Crippen LogP contribution is -2.18. The lowest BCUT2D eigenvalue weighted by Gasteiger charge is -2.20. The topological polar surface area (TPSA) is 21.3 Å². The number of hydrogen-bond acceptors (Lipinski definition) is 2. The van der Waals surface area contributed by atoms with Crippen LogP contribution < -0.4 is 10.1 Å². The van der Waals surface area contributed by atoms with Gasteiger partial charge in [0, 0.05) is 16.1 Å². The molecular weight excluding hydrogens is 389 g/mol. The molecule has 5 heteroatoms. The SMILES string of the molecule is CNC(c1cccc(Br)c1)c1cc(Br)c(F)cc1OC. The predicted octanol–water partition coefficient (Wildman–Crippen LogP) is 4.67. The Bertz CT molecular complexity index is 619. The standard InChI is InChI=1S/C15H14Br2FNO/c1-19-15(9-4-3-5-10(16)6-9)11-7-12(17)13(18)8-14(11)20-2/h3-8,15,19H,1-2H3. The molecule has 0 aliphatic rings. The summed E-state index contributed by atoms with van der Waals surface area (Å²) >= 11 is 6.69. The van der Waals surface area contributed by atoms with E-state index in [1.165, 1.54) is 6.07 Å². The number of rotatable bonds is 4. The maximum atomic E-state index is 13.6. The third kappa shape index (κ3) is 3.22. The van der Waals surface area contributed by atoms with Crippen LogP contribution in [0.3, 0.4) is 0 Å². The maximum Gasteiger partial charge on any atom is 0.141 e. The molecule has 0 fully saturated rings. The van der Waals surface area contributed by atoms with Crippen molar-refractivity contribution in [3.8, 4) is 5.75 Å². The first-order valence-corrected chi connectivity index (χ1v) is 7.61. The Morgan fingerprint density at radius 3 is 2.55 bits per heavy atom. The molecule has 0 saturated heterocycles. The Morgan fingerprint density at radius 2 is 1.95 bits per heavy atom. The molecule has 1 N–H and O–H groups in total. The van der Waals surface area contributed by atoms with Gasteiger partial charge in [0.1, 0.15) is 11.6 Å². The van der Waals surface area contributed by atoms with Gasteiger partial charge in [-0.05, 0) is 46.7 Å². The predicted molar refractivity (Wildman–Crippen MR) is 85.7 cm³/mol. The number of halogens is 3. The zero-order valence-electron chi connectivity index (χ0n) is 11.1. The second kappa shape index (κ2) is 6.70. The van der Waals surface area contributed by atoms with Gasteiger partial charge in [0.25, 0.3) is 0 Å². The third-order valence-electron chi connectivity index (χ3n) is 3.05. The molecule has 0 aliphatic carbocycles. The van der Waals surface area contributed by atoms with E-state index in [0.29, 0.717) is 10.2 Å². The highest BCUT2D eigenvalue weighted by Gasteiger charge is 2.19. The van der Waals surface area contributed by atoms with E-state index < -0.39 is 0 Å². The van der Waals surface area contributed by atoms with Crippen molar-refractivity contribution in [1.82, 2.24) is 5.32 Å². The molecule has 0 aliphatic heterocycles. The molecule has 0 saturated carbocycles. The molecule has 2 rings (SSSR count). The maximum absolute atomic E-state index is 13.6. The Labute approximate surface area is 134 Å². The Hall–Kier alpha value is -0.910. The summed E-state index contributed by atoms with van der Waals surface area (Å²) < 4.78 is 20.3. The molecule has 0 heterocycles. The van der Waals surface area contributed by atoms with E-state index in [2.05, 4.69) is 37.2 Å². The molecule has 0 bridgehead atoms. The van der Waals surface area contributed by atoms with Crippen LogP contribution in [0.5, 0.6) is 5.75 Å². The van der Waals surface area contributed by atoms with Crippen molar-refractivity contribution in [2.75, 3.05) is 14.2 Å². The summed E-state index contributed by atoms with van der Waals surface area (Å²) in [6.07, 6.45) is 0. The van der Waals surface area contributed by atoms with E-state index in [-0.39, 0.29) is 11.9 Å². The lowest BCUT2D eigenvalue weighted by molar-refractivity contribution is 0.401. The van der Waals surface area contributed by atoms with Crippen LogP contribution in [0.1, 0.15) is 17.2 Å². The number of benzene rings is 2. The first-order chi connectivity index (χ1) is 9.56. The summed E-state index contributed by atoms with van der Waals surface area (Å²) in [6, 6.07) is 11.0. The van der Waals surface area contributed by atoms with Crippen molar-refractivity contribution in [2.24, 2.45) is 0 Å². The third-order valence-corrected chi connectivity index (χ3v) is 4.16. The molecule has 1 unspecified atom stereocenters. The zero-order valence-corrected chi connectivity index (χ0v) is 14.3. The minimum absolute atomic E-state index is 0.0839. The van der Waals surface area contributed by atoms with Gasteiger partial charge in [-0.2, -0.15) is 0 Å². The second-order valence-electron chi connectivity index (χ2n) is 4.28. The minimum Gasteiger partial charge on any atom is -0.496 e. The van der Waals surface area contributed by atoms with Crippen LogP contribution in [0.4, 0.5) is 4.39 Å². The van der Waals surface area contributed by atoms with Crippen LogP contribution in [0.25, 0.3) is 0 Å². The van der Waals surface area contributed by atoms with Crippen LogP contribution in [0.15, 0.2) is 45.3 Å². The monoisotopic (exact) mass is 401 g/mol. The minimum atomic E-state index is -0.338. The van der Waals surface area contributed by atoms with Gasteiger partial charge in [0.05, 0.1) is 17.6 Å². The fraction of sp³-hybridized carbons (Fsp3) is 0.200. The lowest BCUT2D eigenvalue weighted by atomic mass is 9.98. The summed E-state index contributed by atoms with van der Waals surface area (Å²) in [7, 11) is 3.40. The van der Waals surface area contributed by atoms with Crippen LogP contribution >= 0.6 is 31.9 Å². The number of ether oxygens (including phenoxy) is 1. The van der Waals surface area contributed by atoms with Gasteiger partial charge >= 0.3 is 0 Å². The highest BCUT2D eigenvalue weighted by Crippen LogP contribution is 2.34.